The number of ether oxygens (including phenoxy) is 2. The molecule has 0 bridgehead atoms. The first-order valence-corrected chi connectivity index (χ1v) is 10.9. The minimum atomic E-state index is -4.87. The molecule has 15 heteroatoms. The Morgan fingerprint density at radius 3 is 1.68 bits per heavy atom. The van der Waals surface area contributed by atoms with Crippen molar-refractivity contribution in [3.05, 3.63) is 95.3 Å². The maximum Gasteiger partial charge on any atom is 0.416 e. The topological polar surface area (TPSA) is 132 Å². The zero-order valence-electron chi connectivity index (χ0n) is 19.7. The maximum absolute atomic E-state index is 13.1. The molecule has 0 fully saturated rings. The summed E-state index contributed by atoms with van der Waals surface area (Å²) in [6.07, 6.45) is -12.5. The number of aliphatic carboxylic acids is 1. The lowest BCUT2D eigenvalue weighted by molar-refractivity contribution is -0.157. The summed E-state index contributed by atoms with van der Waals surface area (Å²) < 4.78 is 88.0. The lowest BCUT2D eigenvalue weighted by Crippen LogP contribution is -2.48. The molecule has 40 heavy (non-hydrogen) atoms. The minimum absolute atomic E-state index is 0.0408. The summed E-state index contributed by atoms with van der Waals surface area (Å²) in [5, 5.41) is 11.8. The van der Waals surface area contributed by atoms with E-state index in [2.05, 4.69) is 10.3 Å². The number of anilines is 1. The van der Waals surface area contributed by atoms with Crippen molar-refractivity contribution in [3.63, 3.8) is 0 Å². The molecule has 0 saturated heterocycles. The van der Waals surface area contributed by atoms with Gasteiger partial charge in [-0.3, -0.25) is 9.78 Å². The van der Waals surface area contributed by atoms with Crippen molar-refractivity contribution in [1.29, 1.82) is 0 Å². The van der Waals surface area contributed by atoms with E-state index in [0.717, 1.165) is 30.5 Å². The fraction of sp³-hybridized carbons (Fsp3) is 0.160. The molecule has 0 radical (unpaired) electrons. The van der Waals surface area contributed by atoms with Crippen molar-refractivity contribution in [3.8, 4) is 0 Å². The third kappa shape index (κ3) is 7.55. The number of hydrogen-bond donors (Lipinski definition) is 2. The van der Waals surface area contributed by atoms with Crippen molar-refractivity contribution >= 4 is 29.5 Å². The van der Waals surface area contributed by atoms with Crippen LogP contribution in [0.5, 0.6) is 0 Å². The summed E-state index contributed by atoms with van der Waals surface area (Å²) in [7, 11) is 0. The molecule has 1 heterocycles. The largest absolute Gasteiger partial charge is 0.478 e. The number of nitrogens with zero attached hydrogens (tertiary/aromatic N) is 1. The second-order valence-electron chi connectivity index (χ2n) is 7.88. The first-order chi connectivity index (χ1) is 18.7. The fourth-order valence-corrected chi connectivity index (χ4v) is 3.16. The Bertz CT molecular complexity index is 1410. The van der Waals surface area contributed by atoms with Crippen LogP contribution < -0.4 is 5.32 Å². The number of aromatic nitrogens is 1. The molecule has 0 aliphatic carbocycles. The van der Waals surface area contributed by atoms with Gasteiger partial charge in [0.05, 0.1) is 34.1 Å². The average molecular weight is 570 g/mol. The van der Waals surface area contributed by atoms with Crippen molar-refractivity contribution in [2.24, 2.45) is 0 Å². The van der Waals surface area contributed by atoms with Crippen LogP contribution in [0.4, 0.5) is 32.0 Å². The number of benzene rings is 2. The number of carboxylic acids is 1. The van der Waals surface area contributed by atoms with Crippen molar-refractivity contribution in [2.75, 3.05) is 5.32 Å². The number of carbonyl (C=O) groups excluding carboxylic acids is 3. The van der Waals surface area contributed by atoms with E-state index >= 15 is 0 Å². The van der Waals surface area contributed by atoms with Gasteiger partial charge in [0, 0.05) is 6.20 Å². The second-order valence-corrected chi connectivity index (χ2v) is 7.88. The fourth-order valence-electron chi connectivity index (χ4n) is 3.16. The second kappa shape index (κ2) is 11.8. The zero-order chi connectivity index (χ0) is 29.7. The number of esters is 2. The number of alkyl halides is 6. The summed E-state index contributed by atoms with van der Waals surface area (Å²) in [6.45, 7) is 0. The van der Waals surface area contributed by atoms with E-state index in [9.17, 15) is 50.6 Å². The predicted molar refractivity (Wildman–Crippen MR) is 122 cm³/mol. The van der Waals surface area contributed by atoms with Crippen LogP contribution in [0.25, 0.3) is 0 Å². The van der Waals surface area contributed by atoms with E-state index in [1.807, 2.05) is 0 Å². The quantitative estimate of drug-likeness (QED) is 0.297. The van der Waals surface area contributed by atoms with Crippen LogP contribution in [0.1, 0.15) is 31.8 Å². The van der Waals surface area contributed by atoms with E-state index < -0.39 is 70.6 Å². The van der Waals surface area contributed by atoms with Gasteiger partial charge in [0.15, 0.2) is 0 Å². The summed E-state index contributed by atoms with van der Waals surface area (Å²) in [4.78, 5) is 53.9. The minimum Gasteiger partial charge on any atom is -0.478 e. The van der Waals surface area contributed by atoms with Gasteiger partial charge in [0.2, 0.25) is 12.2 Å². The molecular weight excluding hydrogens is 554 g/mol. The number of amides is 1. The standard InChI is InChI=1S/C25H16F6N2O7/c26-24(27,28)15-6-1-4-13(10-15)22(37)39-18(20(34)33-17-8-3-9-32-12-17)19(21(35)36)40-23(38)14-5-2-7-16(11-14)25(29,30)31/h1-12,18-19H,(H,33,34)(H,35,36)/t18-,19+/m1/s1. The number of nitrogens with one attached hydrogen (secondary N) is 1. The van der Waals surface area contributed by atoms with Crippen molar-refractivity contribution in [1.82, 2.24) is 4.98 Å². The third-order valence-corrected chi connectivity index (χ3v) is 5.03. The molecule has 3 aromatic rings. The lowest BCUT2D eigenvalue weighted by Gasteiger charge is -2.23. The molecule has 2 aromatic carbocycles. The molecular formula is C25H16F6N2O7. The molecule has 0 spiro atoms. The summed E-state index contributed by atoms with van der Waals surface area (Å²) >= 11 is 0. The van der Waals surface area contributed by atoms with E-state index in [-0.39, 0.29) is 5.69 Å². The Labute approximate surface area is 220 Å². The molecule has 2 N–H and O–H groups in total. The molecule has 3 rings (SSSR count). The molecule has 1 amide bonds. The van der Waals surface area contributed by atoms with Crippen LogP contribution in [0.2, 0.25) is 0 Å². The number of halogens is 6. The van der Waals surface area contributed by atoms with Crippen LogP contribution >= 0.6 is 0 Å². The van der Waals surface area contributed by atoms with Crippen LogP contribution in [0, 0.1) is 0 Å². The first-order valence-electron chi connectivity index (χ1n) is 10.9. The molecule has 0 unspecified atom stereocenters. The van der Waals surface area contributed by atoms with Gasteiger partial charge >= 0.3 is 30.3 Å². The number of hydrogen-bond acceptors (Lipinski definition) is 7. The molecule has 0 aliphatic heterocycles. The third-order valence-electron chi connectivity index (χ3n) is 5.03. The normalized spacial score (nSPS) is 13.1. The first kappa shape index (κ1) is 29.6. The van der Waals surface area contributed by atoms with Gasteiger partial charge in [0.1, 0.15) is 0 Å². The summed E-state index contributed by atoms with van der Waals surface area (Å²) in [5.41, 5.74) is -4.06. The summed E-state index contributed by atoms with van der Waals surface area (Å²) in [5.74, 6) is -6.70. The van der Waals surface area contributed by atoms with Gasteiger partial charge in [-0.25, -0.2) is 14.4 Å². The molecule has 0 aliphatic rings. The highest BCUT2D eigenvalue weighted by atomic mass is 19.4. The average Bonchev–Trinajstić information content (AvgIpc) is 2.90. The molecule has 210 valence electrons. The van der Waals surface area contributed by atoms with Crippen molar-refractivity contribution in [2.45, 2.75) is 24.6 Å². The Hall–Kier alpha value is -4.95. The van der Waals surface area contributed by atoms with Gasteiger partial charge in [-0.1, -0.05) is 12.1 Å². The van der Waals surface area contributed by atoms with Gasteiger partial charge in [-0.15, -0.1) is 0 Å². The molecule has 1 aromatic heterocycles. The summed E-state index contributed by atoms with van der Waals surface area (Å²) in [6, 6.07) is 8.12. The van der Waals surface area contributed by atoms with Gasteiger partial charge in [-0.2, -0.15) is 26.3 Å². The monoisotopic (exact) mass is 570 g/mol. The van der Waals surface area contributed by atoms with Gasteiger partial charge in [-0.05, 0) is 48.5 Å². The lowest BCUT2D eigenvalue weighted by atomic mass is 10.1. The highest BCUT2D eigenvalue weighted by molar-refractivity contribution is 6.01. The van der Waals surface area contributed by atoms with E-state index in [4.69, 9.17) is 9.47 Å². The molecule has 9 nitrogen and oxygen atoms in total. The Balaban J connectivity index is 1.95. The van der Waals surface area contributed by atoms with E-state index in [0.29, 0.717) is 24.3 Å². The maximum atomic E-state index is 13.1. The number of rotatable bonds is 8. The van der Waals surface area contributed by atoms with Crippen molar-refractivity contribution < 1.29 is 60.1 Å². The van der Waals surface area contributed by atoms with Crippen LogP contribution in [0.3, 0.4) is 0 Å². The highest BCUT2D eigenvalue weighted by Crippen LogP contribution is 2.31. The smallest absolute Gasteiger partial charge is 0.416 e. The number of carbonyl (C=O) groups is 4. The van der Waals surface area contributed by atoms with Crippen LogP contribution in [0.15, 0.2) is 73.1 Å². The van der Waals surface area contributed by atoms with Crippen LogP contribution in [-0.2, 0) is 31.4 Å². The SMILES string of the molecule is O=C(O[C@H](C(=O)O)[C@@H](OC(=O)c1cccc(C(F)(F)F)c1)C(=O)Nc1cccnc1)c1cccc(C(F)(F)F)c1. The number of pyridine rings is 1. The Morgan fingerprint density at radius 1 is 0.750 bits per heavy atom. The van der Waals surface area contributed by atoms with Crippen LogP contribution in [-0.4, -0.2) is 46.1 Å². The molecule has 2 atom stereocenters. The van der Waals surface area contributed by atoms with Gasteiger partial charge < -0.3 is 19.9 Å². The molecule has 0 saturated carbocycles. The highest BCUT2D eigenvalue weighted by Gasteiger charge is 2.42. The Kier molecular flexibility index (Phi) is 8.76. The predicted octanol–water partition coefficient (Wildman–Crippen LogP) is 4.59. The zero-order valence-corrected chi connectivity index (χ0v) is 19.7. The van der Waals surface area contributed by atoms with E-state index in [1.165, 1.54) is 18.3 Å². The number of carboxylic acid groups (broad SMARTS) is 1. The van der Waals surface area contributed by atoms with Gasteiger partial charge in [0.25, 0.3) is 5.91 Å². The Morgan fingerprint density at radius 2 is 1.25 bits per heavy atom. The van der Waals surface area contributed by atoms with E-state index in [1.54, 1.807) is 0 Å².